The van der Waals surface area contributed by atoms with Crippen LogP contribution in [0.25, 0.3) is 0 Å². The Morgan fingerprint density at radius 3 is 2.44 bits per heavy atom. The molecule has 0 heterocycles. The van der Waals surface area contributed by atoms with Gasteiger partial charge in [-0.3, -0.25) is 9.59 Å². The number of sulfonamides is 1. The molecule has 1 aromatic rings. The third kappa shape index (κ3) is 8.70. The number of rotatable bonds is 10. The second-order valence-corrected chi connectivity index (χ2v) is 9.07. The van der Waals surface area contributed by atoms with Crippen LogP contribution in [-0.2, 0) is 19.6 Å². The molecule has 0 bridgehead atoms. The lowest BCUT2D eigenvalue weighted by Crippen LogP contribution is -2.49. The molecule has 0 spiro atoms. The van der Waals surface area contributed by atoms with Crippen LogP contribution in [0, 0.1) is 0 Å². The van der Waals surface area contributed by atoms with E-state index in [9.17, 15) is 18.0 Å². The predicted octanol–water partition coefficient (Wildman–Crippen LogP) is 1.56. The standard InChI is InChI=1S/C15H22BrN3O4S2/c1-3-25(22,23)19-13(8-9-24-2)15(21)17-10-14(20)18-12-6-4-11(16)5-7-12/h4-7,13,19H,3,8-10H2,1-2H3,(H,17,21)(H,18,20). The molecule has 0 fully saturated rings. The zero-order chi connectivity index (χ0) is 18.9. The minimum Gasteiger partial charge on any atom is -0.346 e. The zero-order valence-corrected chi connectivity index (χ0v) is 17.3. The molecule has 3 N–H and O–H groups in total. The van der Waals surface area contributed by atoms with Gasteiger partial charge in [-0.25, -0.2) is 13.1 Å². The van der Waals surface area contributed by atoms with E-state index in [1.54, 1.807) is 24.3 Å². The van der Waals surface area contributed by atoms with Crippen LogP contribution in [0.3, 0.4) is 0 Å². The first-order chi connectivity index (χ1) is 11.8. The molecule has 1 rings (SSSR count). The molecule has 0 saturated carbocycles. The Labute approximate surface area is 160 Å². The van der Waals surface area contributed by atoms with Crippen LogP contribution in [0.4, 0.5) is 5.69 Å². The van der Waals surface area contributed by atoms with Crippen molar-refractivity contribution in [2.45, 2.75) is 19.4 Å². The van der Waals surface area contributed by atoms with Crippen molar-refractivity contribution in [2.75, 3.05) is 29.6 Å². The summed E-state index contributed by atoms with van der Waals surface area (Å²) in [5, 5.41) is 5.12. The molecule has 7 nitrogen and oxygen atoms in total. The van der Waals surface area contributed by atoms with Gasteiger partial charge in [-0.2, -0.15) is 11.8 Å². The number of hydrogen-bond donors (Lipinski definition) is 3. The fourth-order valence-corrected chi connectivity index (χ4v) is 3.37. The minimum atomic E-state index is -3.51. The molecule has 10 heteroatoms. The van der Waals surface area contributed by atoms with Gasteiger partial charge >= 0.3 is 0 Å². The van der Waals surface area contributed by atoms with E-state index in [1.165, 1.54) is 18.7 Å². The molecule has 0 aliphatic heterocycles. The number of thioether (sulfide) groups is 1. The lowest BCUT2D eigenvalue weighted by molar-refractivity contribution is -0.125. The van der Waals surface area contributed by atoms with Crippen molar-refractivity contribution in [1.29, 1.82) is 0 Å². The molecule has 1 atom stereocenters. The number of hydrogen-bond acceptors (Lipinski definition) is 5. The number of amides is 2. The Kier molecular flexibility index (Phi) is 9.47. The first-order valence-electron chi connectivity index (χ1n) is 7.59. The average Bonchev–Trinajstić information content (AvgIpc) is 2.58. The summed E-state index contributed by atoms with van der Waals surface area (Å²) in [6.45, 7) is 1.26. The number of nitrogens with one attached hydrogen (secondary N) is 3. The van der Waals surface area contributed by atoms with Crippen LogP contribution in [0.2, 0.25) is 0 Å². The van der Waals surface area contributed by atoms with Crippen molar-refractivity contribution in [2.24, 2.45) is 0 Å². The summed E-state index contributed by atoms with van der Waals surface area (Å²) in [6, 6.07) is 6.12. The summed E-state index contributed by atoms with van der Waals surface area (Å²) in [4.78, 5) is 24.1. The largest absolute Gasteiger partial charge is 0.346 e. The van der Waals surface area contributed by atoms with Crippen LogP contribution in [-0.4, -0.2) is 50.6 Å². The number of benzene rings is 1. The van der Waals surface area contributed by atoms with Crippen LogP contribution in [0.15, 0.2) is 28.7 Å². The predicted molar refractivity (Wildman–Crippen MR) is 105 cm³/mol. The van der Waals surface area contributed by atoms with Gasteiger partial charge in [0.15, 0.2) is 0 Å². The topological polar surface area (TPSA) is 104 Å². The number of carbonyl (C=O) groups is 2. The Bertz CT molecular complexity index is 681. The fourth-order valence-electron chi connectivity index (χ4n) is 1.81. The van der Waals surface area contributed by atoms with E-state index < -0.39 is 27.9 Å². The van der Waals surface area contributed by atoms with Gasteiger partial charge in [0.05, 0.1) is 12.3 Å². The van der Waals surface area contributed by atoms with Crippen LogP contribution in [0.5, 0.6) is 0 Å². The fraction of sp³-hybridized carbons (Fsp3) is 0.467. The Hall–Kier alpha value is -1.10. The molecule has 140 valence electrons. The van der Waals surface area contributed by atoms with Gasteiger partial charge in [0, 0.05) is 10.2 Å². The van der Waals surface area contributed by atoms with E-state index in [4.69, 9.17) is 0 Å². The van der Waals surface area contributed by atoms with Gasteiger partial charge in [-0.05, 0) is 49.6 Å². The molecule has 1 aromatic carbocycles. The molecule has 2 amide bonds. The number of carbonyl (C=O) groups excluding carboxylic acids is 2. The van der Waals surface area contributed by atoms with Gasteiger partial charge in [-0.15, -0.1) is 0 Å². The number of halogens is 1. The zero-order valence-electron chi connectivity index (χ0n) is 14.0. The van der Waals surface area contributed by atoms with Gasteiger partial charge < -0.3 is 10.6 Å². The second kappa shape index (κ2) is 10.8. The van der Waals surface area contributed by atoms with Crippen molar-refractivity contribution in [3.05, 3.63) is 28.7 Å². The van der Waals surface area contributed by atoms with Crippen LogP contribution in [0.1, 0.15) is 13.3 Å². The highest BCUT2D eigenvalue weighted by Gasteiger charge is 2.23. The van der Waals surface area contributed by atoms with E-state index in [1.807, 2.05) is 6.26 Å². The number of anilines is 1. The molecule has 0 radical (unpaired) electrons. The van der Waals surface area contributed by atoms with Crippen LogP contribution >= 0.6 is 27.7 Å². The van der Waals surface area contributed by atoms with E-state index in [-0.39, 0.29) is 12.3 Å². The van der Waals surface area contributed by atoms with Gasteiger partial charge in [0.2, 0.25) is 21.8 Å². The lowest BCUT2D eigenvalue weighted by atomic mass is 10.2. The third-order valence-electron chi connectivity index (χ3n) is 3.18. The maximum absolute atomic E-state index is 12.2. The molecule has 1 unspecified atom stereocenters. The monoisotopic (exact) mass is 451 g/mol. The van der Waals surface area contributed by atoms with E-state index in [0.29, 0.717) is 17.9 Å². The summed E-state index contributed by atoms with van der Waals surface area (Å²) in [6.07, 6.45) is 2.22. The molecule has 25 heavy (non-hydrogen) atoms. The highest BCUT2D eigenvalue weighted by molar-refractivity contribution is 9.10. The van der Waals surface area contributed by atoms with Crippen molar-refractivity contribution in [3.8, 4) is 0 Å². The maximum atomic E-state index is 12.2. The maximum Gasteiger partial charge on any atom is 0.243 e. The summed E-state index contributed by atoms with van der Waals surface area (Å²) >= 11 is 4.81. The van der Waals surface area contributed by atoms with E-state index in [0.717, 1.165) is 4.47 Å². The highest BCUT2D eigenvalue weighted by Crippen LogP contribution is 2.13. The van der Waals surface area contributed by atoms with Gasteiger partial charge in [-0.1, -0.05) is 15.9 Å². The first-order valence-corrected chi connectivity index (χ1v) is 11.4. The highest BCUT2D eigenvalue weighted by atomic mass is 79.9. The normalized spacial score (nSPS) is 12.4. The molecule has 0 aromatic heterocycles. The summed E-state index contributed by atoms with van der Waals surface area (Å²) in [5.74, 6) is -0.398. The van der Waals surface area contributed by atoms with Crippen molar-refractivity contribution >= 4 is 55.2 Å². The smallest absolute Gasteiger partial charge is 0.243 e. The average molecular weight is 452 g/mol. The summed E-state index contributed by atoms with van der Waals surface area (Å²) in [5.41, 5.74) is 0.605. The first kappa shape index (κ1) is 21.9. The van der Waals surface area contributed by atoms with Crippen molar-refractivity contribution in [3.63, 3.8) is 0 Å². The van der Waals surface area contributed by atoms with Crippen molar-refractivity contribution < 1.29 is 18.0 Å². The minimum absolute atomic E-state index is 0.111. The Balaban J connectivity index is 2.57. The Morgan fingerprint density at radius 1 is 1.24 bits per heavy atom. The van der Waals surface area contributed by atoms with E-state index in [2.05, 4.69) is 31.3 Å². The SMILES string of the molecule is CCS(=O)(=O)NC(CCSC)C(=O)NCC(=O)Nc1ccc(Br)cc1. The summed E-state index contributed by atoms with van der Waals surface area (Å²) in [7, 11) is -3.51. The lowest BCUT2D eigenvalue weighted by Gasteiger charge is -2.17. The molecule has 0 saturated heterocycles. The van der Waals surface area contributed by atoms with E-state index >= 15 is 0 Å². The molecular weight excluding hydrogens is 430 g/mol. The molecule has 0 aliphatic rings. The molecule has 0 aliphatic carbocycles. The third-order valence-corrected chi connectivity index (χ3v) is 5.76. The van der Waals surface area contributed by atoms with Gasteiger partial charge in [0.25, 0.3) is 0 Å². The van der Waals surface area contributed by atoms with Crippen LogP contribution < -0.4 is 15.4 Å². The molecular formula is C15H22BrN3O4S2. The quantitative estimate of drug-likeness (QED) is 0.500. The summed E-state index contributed by atoms with van der Waals surface area (Å²) < 4.78 is 26.7. The van der Waals surface area contributed by atoms with Crippen molar-refractivity contribution in [1.82, 2.24) is 10.0 Å². The van der Waals surface area contributed by atoms with Gasteiger partial charge in [0.1, 0.15) is 6.04 Å². The Morgan fingerprint density at radius 2 is 1.88 bits per heavy atom. The second-order valence-electron chi connectivity index (χ2n) is 5.13.